The fourth-order valence-electron chi connectivity index (χ4n) is 0. The molecule has 0 bridgehead atoms. The van der Waals surface area contributed by atoms with Crippen LogP contribution in [0, 0.1) is 0 Å². The molecule has 0 spiro atoms. The predicted octanol–water partition coefficient (Wildman–Crippen LogP) is -3.03. The maximum absolute atomic E-state index is 7.61. The minimum Gasteiger partial charge on any atom is -0.412 e. The average Bonchev–Trinajstić information content (AvgIpc) is 1.25. The summed E-state index contributed by atoms with van der Waals surface area (Å²) in [6.45, 7) is 2.56. The zero-order chi connectivity index (χ0) is 7.15. The Kier molecular flexibility index (Phi) is 177. The van der Waals surface area contributed by atoms with Crippen molar-refractivity contribution in [3.05, 3.63) is 0 Å². The van der Waals surface area contributed by atoms with E-state index >= 15 is 0 Å². The van der Waals surface area contributed by atoms with Gasteiger partial charge in [-0.2, -0.15) is 0 Å². The Balaban J connectivity index is -0.00000000600. The van der Waals surface area contributed by atoms with Crippen LogP contribution in [0.1, 0.15) is 13.8 Å². The second-order valence-electron chi connectivity index (χ2n) is 1.26. The third-order valence-corrected chi connectivity index (χ3v) is 0. The van der Waals surface area contributed by atoms with Crippen LogP contribution in [0.25, 0.3) is 0 Å². The monoisotopic (exact) mass is 896 g/mol. The fourth-order valence-corrected chi connectivity index (χ4v) is 0. The van der Waals surface area contributed by atoms with Gasteiger partial charge in [0.15, 0.2) is 0 Å². The predicted molar refractivity (Wildman–Crippen MR) is 35.0 cm³/mol. The van der Waals surface area contributed by atoms with E-state index in [4.69, 9.17) is 20.4 Å². The zero-order valence-corrected chi connectivity index (χ0v) is 19.3. The van der Waals surface area contributed by atoms with Gasteiger partial charge < -0.3 is 31.4 Å². The third kappa shape index (κ3) is 420. The van der Waals surface area contributed by atoms with Crippen LogP contribution in [0.2, 0.25) is 0 Å². The number of aliphatic hydroxyl groups excluding tert-OH is 2. The molecule has 0 saturated carbocycles. The zero-order valence-electron chi connectivity index (χ0n) is 7.58. The van der Waals surface area contributed by atoms with E-state index in [-0.39, 0.29) is 95.2 Å². The average molecular weight is 896 g/mol. The Labute approximate surface area is 141 Å². The van der Waals surface area contributed by atoms with Crippen molar-refractivity contribution in [3.8, 4) is 0 Å². The van der Waals surface area contributed by atoms with Crippen molar-refractivity contribution >= 4 is 0 Å². The van der Waals surface area contributed by atoms with Crippen molar-refractivity contribution in [2.24, 2.45) is 0 Å². The molecule has 0 amide bonds. The number of hydrogen-bond acceptors (Lipinski definition) is 4. The molecule has 14 heavy (non-hydrogen) atoms. The van der Waals surface area contributed by atoms with Gasteiger partial charge in [-0.25, -0.2) is 0 Å². The van der Waals surface area contributed by atoms with Crippen LogP contribution >= 0.6 is 0 Å². The summed E-state index contributed by atoms with van der Waals surface area (Å²) in [4.78, 5) is 0. The molecule has 0 aromatic carbocycles. The van der Waals surface area contributed by atoms with Crippen LogP contribution in [-0.4, -0.2) is 44.0 Å². The van der Waals surface area contributed by atoms with E-state index in [1.165, 1.54) is 13.8 Å². The SMILES string of the molecule is CC(O)O.CC(O)O.O.O.[W].[W].[W].[W]. The van der Waals surface area contributed by atoms with Gasteiger partial charge in [0.2, 0.25) is 0 Å². The van der Waals surface area contributed by atoms with Crippen LogP contribution < -0.4 is 0 Å². The van der Waals surface area contributed by atoms with Gasteiger partial charge in [-0.3, -0.25) is 0 Å². The van der Waals surface area contributed by atoms with E-state index in [9.17, 15) is 0 Å². The first-order valence-electron chi connectivity index (χ1n) is 2.19. The Hall–Kier alpha value is 2.51. The van der Waals surface area contributed by atoms with E-state index in [0.29, 0.717) is 0 Å². The van der Waals surface area contributed by atoms with Crippen molar-refractivity contribution in [1.29, 1.82) is 0 Å². The molecular formula is C4H16O6W4. The van der Waals surface area contributed by atoms with Crippen LogP contribution in [-0.2, 0) is 84.3 Å². The molecule has 0 unspecified atom stereocenters. The van der Waals surface area contributed by atoms with E-state index in [0.717, 1.165) is 0 Å². The molecule has 0 fully saturated rings. The smallest absolute Gasteiger partial charge is 0.148 e. The summed E-state index contributed by atoms with van der Waals surface area (Å²) in [5, 5.41) is 30.4. The first-order valence-corrected chi connectivity index (χ1v) is 2.19. The van der Waals surface area contributed by atoms with Crippen LogP contribution in [0.4, 0.5) is 0 Å². The maximum atomic E-state index is 7.61. The Morgan fingerprint density at radius 3 is 0.571 bits per heavy atom. The maximum Gasteiger partial charge on any atom is 0.148 e. The molecule has 0 aliphatic heterocycles. The first-order chi connectivity index (χ1) is 3.46. The summed E-state index contributed by atoms with van der Waals surface area (Å²) >= 11 is 0. The van der Waals surface area contributed by atoms with Gasteiger partial charge in [0.25, 0.3) is 0 Å². The second-order valence-corrected chi connectivity index (χ2v) is 1.26. The molecule has 92 valence electrons. The van der Waals surface area contributed by atoms with E-state index in [1.54, 1.807) is 0 Å². The van der Waals surface area contributed by atoms with Gasteiger partial charge in [-0.1, -0.05) is 0 Å². The molecule has 0 aromatic rings. The minimum absolute atomic E-state index is 0. The van der Waals surface area contributed by atoms with E-state index < -0.39 is 12.6 Å². The molecule has 0 heterocycles. The summed E-state index contributed by atoms with van der Waals surface area (Å²) < 4.78 is 0. The topological polar surface area (TPSA) is 144 Å². The van der Waals surface area contributed by atoms with Gasteiger partial charge in [0.05, 0.1) is 0 Å². The number of aliphatic hydroxyl groups is 4. The molecule has 0 saturated heterocycles. The summed E-state index contributed by atoms with van der Waals surface area (Å²) in [5.41, 5.74) is 0. The van der Waals surface area contributed by atoms with Crippen molar-refractivity contribution in [2.45, 2.75) is 26.4 Å². The van der Waals surface area contributed by atoms with Gasteiger partial charge in [0.1, 0.15) is 12.6 Å². The Bertz CT molecular complexity index is 37.3. The Morgan fingerprint density at radius 2 is 0.571 bits per heavy atom. The third-order valence-electron chi connectivity index (χ3n) is 0. The second kappa shape index (κ2) is 45.1. The Morgan fingerprint density at radius 1 is 0.571 bits per heavy atom. The van der Waals surface area contributed by atoms with Gasteiger partial charge in [-0.15, -0.1) is 0 Å². The van der Waals surface area contributed by atoms with E-state index in [2.05, 4.69) is 0 Å². The van der Waals surface area contributed by atoms with Crippen molar-refractivity contribution in [3.63, 3.8) is 0 Å². The number of hydrogen-bond donors (Lipinski definition) is 4. The molecule has 0 aliphatic carbocycles. The molecule has 0 aliphatic rings. The van der Waals surface area contributed by atoms with Crippen molar-refractivity contribution < 1.29 is 116 Å². The largest absolute Gasteiger partial charge is 0.412 e. The summed E-state index contributed by atoms with van der Waals surface area (Å²) in [7, 11) is 0. The van der Waals surface area contributed by atoms with Gasteiger partial charge in [0, 0.05) is 84.3 Å². The normalized spacial score (nSPS) is 5.14. The summed E-state index contributed by atoms with van der Waals surface area (Å²) in [6.07, 6.45) is -2.33. The standard InChI is InChI=1S/2C2H6O2.2H2O.4W/c2*1-2(3)4;;;;;;/h2*2-4H,1H3;2*1H2;;;;. The van der Waals surface area contributed by atoms with Gasteiger partial charge in [-0.05, 0) is 13.8 Å². The minimum atomic E-state index is -1.17. The molecule has 8 N–H and O–H groups in total. The van der Waals surface area contributed by atoms with Crippen LogP contribution in [0.5, 0.6) is 0 Å². The summed E-state index contributed by atoms with van der Waals surface area (Å²) in [5.74, 6) is 0. The fraction of sp³-hybridized carbons (Fsp3) is 1.00. The molecule has 6 nitrogen and oxygen atoms in total. The molecule has 0 rings (SSSR count). The van der Waals surface area contributed by atoms with Crippen LogP contribution in [0.15, 0.2) is 0 Å². The van der Waals surface area contributed by atoms with Crippen molar-refractivity contribution in [2.75, 3.05) is 0 Å². The number of rotatable bonds is 0. The first kappa shape index (κ1) is 54.8. The van der Waals surface area contributed by atoms with Crippen molar-refractivity contribution in [1.82, 2.24) is 0 Å². The molecule has 0 atom stereocenters. The van der Waals surface area contributed by atoms with Crippen LogP contribution in [0.3, 0.4) is 0 Å². The molecular weight excluding hydrogens is 879 g/mol. The van der Waals surface area contributed by atoms with E-state index in [1.807, 2.05) is 0 Å². The summed E-state index contributed by atoms with van der Waals surface area (Å²) in [6, 6.07) is 0. The van der Waals surface area contributed by atoms with Gasteiger partial charge >= 0.3 is 0 Å². The molecule has 10 heteroatoms. The molecule has 0 radical (unpaired) electrons. The quantitative estimate of drug-likeness (QED) is 0.192. The molecule has 0 aromatic heterocycles.